The fraction of sp³-hybridized carbons (Fsp3) is 0. The van der Waals surface area contributed by atoms with Crippen molar-refractivity contribution >= 4 is 5.78 Å². The van der Waals surface area contributed by atoms with E-state index in [0.29, 0.717) is 16.9 Å². The van der Waals surface area contributed by atoms with Crippen LogP contribution in [-0.2, 0) is 0 Å². The Morgan fingerprint density at radius 1 is 1.20 bits per heavy atom. The number of ketones is 1. The highest BCUT2D eigenvalue weighted by Crippen LogP contribution is 2.11. The van der Waals surface area contributed by atoms with Gasteiger partial charge in [0.05, 0.1) is 17.9 Å². The molecule has 0 spiro atoms. The zero-order valence-corrected chi connectivity index (χ0v) is 7.81. The van der Waals surface area contributed by atoms with Crippen LogP contribution >= 0.6 is 0 Å². The van der Waals surface area contributed by atoms with Gasteiger partial charge in [0, 0.05) is 5.56 Å². The molecule has 0 bridgehead atoms. The van der Waals surface area contributed by atoms with Gasteiger partial charge >= 0.3 is 0 Å². The van der Waals surface area contributed by atoms with E-state index < -0.39 is 0 Å². The number of hydrogen-bond acceptors (Lipinski definition) is 3. The highest BCUT2D eigenvalue weighted by atomic mass is 16.3. The first-order chi connectivity index (χ1) is 7.31. The Balaban J connectivity index is 2.32. The lowest BCUT2D eigenvalue weighted by atomic mass is 10.1. The minimum Gasteiger partial charge on any atom is -0.461 e. The molecule has 72 valence electrons. The summed E-state index contributed by atoms with van der Waals surface area (Å²) < 4.78 is 4.99. The molecule has 0 aliphatic rings. The van der Waals surface area contributed by atoms with Crippen LogP contribution in [0.25, 0.3) is 0 Å². The van der Waals surface area contributed by atoms with Gasteiger partial charge in [-0.15, -0.1) is 0 Å². The van der Waals surface area contributed by atoms with E-state index in [1.54, 1.807) is 36.4 Å². The van der Waals surface area contributed by atoms with Crippen molar-refractivity contribution in [2.75, 3.05) is 0 Å². The molecule has 2 aromatic rings. The topological polar surface area (TPSA) is 54.0 Å². The molecular formula is C12H7NO2. The number of furan rings is 1. The Morgan fingerprint density at radius 2 is 1.93 bits per heavy atom. The third-order valence-electron chi connectivity index (χ3n) is 2.02. The van der Waals surface area contributed by atoms with Crippen molar-refractivity contribution in [1.82, 2.24) is 0 Å². The number of hydrogen-bond donors (Lipinski definition) is 0. The first kappa shape index (κ1) is 9.22. The van der Waals surface area contributed by atoms with Gasteiger partial charge in [-0.2, -0.15) is 5.26 Å². The fourth-order valence-corrected chi connectivity index (χ4v) is 1.25. The summed E-state index contributed by atoms with van der Waals surface area (Å²) in [4.78, 5) is 11.7. The van der Waals surface area contributed by atoms with Gasteiger partial charge in [0.1, 0.15) is 0 Å². The van der Waals surface area contributed by atoms with Crippen molar-refractivity contribution in [3.05, 3.63) is 59.5 Å². The number of carbonyl (C=O) groups is 1. The predicted octanol–water partition coefficient (Wildman–Crippen LogP) is 2.38. The Bertz CT molecular complexity index is 504. The van der Waals surface area contributed by atoms with Crippen molar-refractivity contribution < 1.29 is 9.21 Å². The predicted molar refractivity (Wildman–Crippen MR) is 53.3 cm³/mol. The summed E-state index contributed by atoms with van der Waals surface area (Å²) in [6.45, 7) is 0. The van der Waals surface area contributed by atoms with Crippen LogP contribution in [0.3, 0.4) is 0 Å². The van der Waals surface area contributed by atoms with Crippen LogP contribution in [0.1, 0.15) is 21.7 Å². The molecule has 0 atom stereocenters. The number of rotatable bonds is 2. The largest absolute Gasteiger partial charge is 0.461 e. The van der Waals surface area contributed by atoms with Gasteiger partial charge in [-0.3, -0.25) is 4.79 Å². The van der Waals surface area contributed by atoms with Crippen molar-refractivity contribution in [1.29, 1.82) is 5.26 Å². The average molecular weight is 197 g/mol. The highest BCUT2D eigenvalue weighted by molar-refractivity contribution is 6.07. The molecule has 15 heavy (non-hydrogen) atoms. The maximum absolute atomic E-state index is 11.7. The number of nitriles is 1. The van der Waals surface area contributed by atoms with E-state index in [9.17, 15) is 4.79 Å². The van der Waals surface area contributed by atoms with E-state index in [4.69, 9.17) is 9.68 Å². The fourth-order valence-electron chi connectivity index (χ4n) is 1.25. The van der Waals surface area contributed by atoms with Gasteiger partial charge in [0.15, 0.2) is 5.76 Å². The van der Waals surface area contributed by atoms with Gasteiger partial charge in [-0.05, 0) is 36.4 Å². The average Bonchev–Trinajstić information content (AvgIpc) is 2.82. The van der Waals surface area contributed by atoms with Crippen molar-refractivity contribution in [2.45, 2.75) is 0 Å². The van der Waals surface area contributed by atoms with Crippen LogP contribution in [0.5, 0.6) is 0 Å². The van der Waals surface area contributed by atoms with Crippen molar-refractivity contribution in [2.24, 2.45) is 0 Å². The molecule has 0 aliphatic heterocycles. The molecule has 3 nitrogen and oxygen atoms in total. The van der Waals surface area contributed by atoms with E-state index >= 15 is 0 Å². The molecule has 0 unspecified atom stereocenters. The first-order valence-corrected chi connectivity index (χ1v) is 4.39. The first-order valence-electron chi connectivity index (χ1n) is 4.39. The zero-order chi connectivity index (χ0) is 10.7. The second kappa shape index (κ2) is 3.81. The maximum Gasteiger partial charge on any atom is 0.228 e. The van der Waals surface area contributed by atoms with Gasteiger partial charge in [0.2, 0.25) is 5.78 Å². The van der Waals surface area contributed by atoms with Gasteiger partial charge in [0.25, 0.3) is 0 Å². The second-order valence-corrected chi connectivity index (χ2v) is 3.00. The minimum absolute atomic E-state index is 0.176. The normalized spacial score (nSPS) is 9.53. The number of nitrogens with zero attached hydrogens (tertiary/aromatic N) is 1. The van der Waals surface area contributed by atoms with E-state index in [1.807, 2.05) is 6.07 Å². The van der Waals surface area contributed by atoms with Gasteiger partial charge in [-0.25, -0.2) is 0 Å². The standard InChI is InChI=1S/C12H7NO2/c13-8-9-3-5-10(6-4-9)12(14)11-2-1-7-15-11/h1-7H. The van der Waals surface area contributed by atoms with Gasteiger partial charge in [-0.1, -0.05) is 0 Å². The van der Waals surface area contributed by atoms with Crippen LogP contribution in [0, 0.1) is 11.3 Å². The summed E-state index contributed by atoms with van der Waals surface area (Å²) in [5.41, 5.74) is 1.05. The van der Waals surface area contributed by atoms with Crippen LogP contribution < -0.4 is 0 Å². The van der Waals surface area contributed by atoms with Gasteiger partial charge < -0.3 is 4.42 Å². The molecule has 0 amide bonds. The third kappa shape index (κ3) is 1.79. The zero-order valence-electron chi connectivity index (χ0n) is 7.81. The Labute approximate surface area is 86.6 Å². The van der Waals surface area contributed by atoms with Crippen LogP contribution in [-0.4, -0.2) is 5.78 Å². The molecule has 0 N–H and O–H groups in total. The second-order valence-electron chi connectivity index (χ2n) is 3.00. The summed E-state index contributed by atoms with van der Waals surface area (Å²) in [5.74, 6) is 0.129. The van der Waals surface area contributed by atoms with Crippen molar-refractivity contribution in [3.63, 3.8) is 0 Å². The highest BCUT2D eigenvalue weighted by Gasteiger charge is 2.10. The lowest BCUT2D eigenvalue weighted by molar-refractivity contribution is 0.101. The lowest BCUT2D eigenvalue weighted by Gasteiger charge is -1.96. The molecule has 1 aromatic carbocycles. The lowest BCUT2D eigenvalue weighted by Crippen LogP contribution is -1.98. The summed E-state index contributed by atoms with van der Waals surface area (Å²) >= 11 is 0. The summed E-state index contributed by atoms with van der Waals surface area (Å²) in [5, 5.41) is 8.60. The third-order valence-corrected chi connectivity index (χ3v) is 2.02. The van der Waals surface area contributed by atoms with E-state index in [2.05, 4.69) is 0 Å². The molecule has 0 fully saturated rings. The molecule has 0 saturated carbocycles. The molecule has 3 heteroatoms. The number of benzene rings is 1. The van der Waals surface area contributed by atoms with Crippen molar-refractivity contribution in [3.8, 4) is 6.07 Å². The molecular weight excluding hydrogens is 190 g/mol. The molecule has 0 saturated heterocycles. The summed E-state index contributed by atoms with van der Waals surface area (Å²) in [7, 11) is 0. The smallest absolute Gasteiger partial charge is 0.228 e. The Morgan fingerprint density at radius 3 is 2.47 bits per heavy atom. The summed E-state index contributed by atoms with van der Waals surface area (Å²) in [6, 6.07) is 11.7. The number of carbonyl (C=O) groups excluding carboxylic acids is 1. The Kier molecular flexibility index (Phi) is 2.34. The van der Waals surface area contributed by atoms with E-state index in [-0.39, 0.29) is 5.78 Å². The monoisotopic (exact) mass is 197 g/mol. The summed E-state index contributed by atoms with van der Waals surface area (Å²) in [6.07, 6.45) is 1.46. The van der Waals surface area contributed by atoms with E-state index in [1.165, 1.54) is 6.26 Å². The SMILES string of the molecule is N#Cc1ccc(C(=O)c2ccco2)cc1. The van der Waals surface area contributed by atoms with E-state index in [0.717, 1.165) is 0 Å². The van der Waals surface area contributed by atoms with Crippen LogP contribution in [0.4, 0.5) is 0 Å². The molecule has 0 aliphatic carbocycles. The van der Waals surface area contributed by atoms with Crippen LogP contribution in [0.2, 0.25) is 0 Å². The minimum atomic E-state index is -0.176. The van der Waals surface area contributed by atoms with Crippen LogP contribution in [0.15, 0.2) is 47.1 Å². The Hall–Kier alpha value is -2.34. The molecule has 1 aromatic heterocycles. The molecule has 1 heterocycles. The molecule has 2 rings (SSSR count). The quantitative estimate of drug-likeness (QED) is 0.694. The maximum atomic E-state index is 11.7. The molecule has 0 radical (unpaired) electrons.